The minimum atomic E-state index is 0.469. The van der Waals surface area contributed by atoms with Crippen LogP contribution in [0.2, 0.25) is 0 Å². The van der Waals surface area contributed by atoms with E-state index in [1.165, 1.54) is 21.9 Å². The number of hydrogen-bond acceptors (Lipinski definition) is 2. The van der Waals surface area contributed by atoms with Crippen LogP contribution < -0.4 is 10.6 Å². The number of benzene rings is 3. The van der Waals surface area contributed by atoms with Gasteiger partial charge in [0.15, 0.2) is 0 Å². The molecule has 1 heterocycles. The lowest BCUT2D eigenvalue weighted by Crippen LogP contribution is -2.33. The summed E-state index contributed by atoms with van der Waals surface area (Å²) in [5.41, 5.74) is 12.1. The van der Waals surface area contributed by atoms with Gasteiger partial charge in [0.1, 0.15) is 0 Å². The number of anilines is 1. The summed E-state index contributed by atoms with van der Waals surface area (Å²) in [6, 6.07) is 20.8. The molecular weight excluding hydrogens is 332 g/mol. The predicted molar refractivity (Wildman–Crippen MR) is 113 cm³/mol. The van der Waals surface area contributed by atoms with Crippen LogP contribution in [-0.4, -0.2) is 18.0 Å². The molecule has 1 aromatic heterocycles. The zero-order valence-electron chi connectivity index (χ0n) is 15.2. The lowest BCUT2D eigenvalue weighted by atomic mass is 10.0. The standard InChI is InChI=1S/C23H20N4/c1-27(18-10-12-20-17(14-18)5-3-13-25-20)23(24)26-21-11-9-16-8-7-15-4-2-6-19(21)22(15)16/h2-6,9-14H,7-8H2,1H3,(H2,24,26). The van der Waals surface area contributed by atoms with Crippen LogP contribution in [0.1, 0.15) is 11.1 Å². The third kappa shape index (κ3) is 2.61. The summed E-state index contributed by atoms with van der Waals surface area (Å²) >= 11 is 0. The van der Waals surface area contributed by atoms with E-state index in [0.29, 0.717) is 5.96 Å². The normalized spacial score (nSPS) is 13.4. The molecule has 3 aromatic carbocycles. The molecular formula is C23H20N4. The molecule has 27 heavy (non-hydrogen) atoms. The number of nitrogens with zero attached hydrogens (tertiary/aromatic N) is 3. The average Bonchev–Trinajstić information content (AvgIpc) is 3.14. The molecule has 0 atom stereocenters. The minimum absolute atomic E-state index is 0.469. The lowest BCUT2D eigenvalue weighted by molar-refractivity contribution is 1.02. The number of aryl methyl sites for hydroxylation is 2. The number of aromatic nitrogens is 1. The van der Waals surface area contributed by atoms with Crippen LogP contribution in [0, 0.1) is 0 Å². The van der Waals surface area contributed by atoms with Crippen molar-refractivity contribution in [3.63, 3.8) is 0 Å². The van der Waals surface area contributed by atoms with Crippen LogP contribution in [0.15, 0.2) is 71.9 Å². The van der Waals surface area contributed by atoms with Gasteiger partial charge in [-0.2, -0.15) is 0 Å². The summed E-state index contributed by atoms with van der Waals surface area (Å²) in [5, 5.41) is 3.62. The molecule has 5 rings (SSSR count). The molecule has 0 saturated carbocycles. The largest absolute Gasteiger partial charge is 0.369 e. The van der Waals surface area contributed by atoms with Crippen molar-refractivity contribution in [2.45, 2.75) is 12.8 Å². The molecule has 4 nitrogen and oxygen atoms in total. The van der Waals surface area contributed by atoms with Crippen LogP contribution in [0.25, 0.3) is 21.7 Å². The number of aliphatic imine (C=N–C) groups is 1. The van der Waals surface area contributed by atoms with Crippen molar-refractivity contribution in [2.75, 3.05) is 11.9 Å². The van der Waals surface area contributed by atoms with E-state index in [2.05, 4.69) is 47.4 Å². The van der Waals surface area contributed by atoms with Crippen molar-refractivity contribution >= 4 is 39.0 Å². The molecule has 0 saturated heterocycles. The first-order valence-corrected chi connectivity index (χ1v) is 9.17. The Morgan fingerprint density at radius 3 is 2.74 bits per heavy atom. The molecule has 1 aliphatic rings. The average molecular weight is 352 g/mol. The predicted octanol–water partition coefficient (Wildman–Crippen LogP) is 4.57. The maximum Gasteiger partial charge on any atom is 0.200 e. The molecule has 0 aliphatic heterocycles. The summed E-state index contributed by atoms with van der Waals surface area (Å²) in [4.78, 5) is 11.0. The van der Waals surface area contributed by atoms with Gasteiger partial charge in [-0.25, -0.2) is 4.99 Å². The maximum absolute atomic E-state index is 6.37. The molecule has 2 N–H and O–H groups in total. The van der Waals surface area contributed by atoms with E-state index in [1.807, 2.05) is 30.1 Å². The first kappa shape index (κ1) is 15.8. The Kier molecular flexibility index (Phi) is 3.57. The molecule has 0 unspecified atom stereocenters. The molecule has 0 amide bonds. The van der Waals surface area contributed by atoms with Gasteiger partial charge in [-0.1, -0.05) is 30.3 Å². The summed E-state index contributed by atoms with van der Waals surface area (Å²) in [6.07, 6.45) is 4.03. The second-order valence-electron chi connectivity index (χ2n) is 6.99. The number of hydrogen-bond donors (Lipinski definition) is 1. The maximum atomic E-state index is 6.37. The van der Waals surface area contributed by atoms with Gasteiger partial charge in [0.25, 0.3) is 0 Å². The topological polar surface area (TPSA) is 54.5 Å². The molecule has 0 radical (unpaired) electrons. The van der Waals surface area contributed by atoms with Gasteiger partial charge in [0, 0.05) is 29.7 Å². The van der Waals surface area contributed by atoms with Gasteiger partial charge in [0.2, 0.25) is 5.96 Å². The Balaban J connectivity index is 1.56. The summed E-state index contributed by atoms with van der Waals surface area (Å²) in [5.74, 6) is 0.469. The smallest absolute Gasteiger partial charge is 0.200 e. The number of pyridine rings is 1. The van der Waals surface area contributed by atoms with Crippen LogP contribution in [-0.2, 0) is 12.8 Å². The van der Waals surface area contributed by atoms with E-state index in [-0.39, 0.29) is 0 Å². The van der Waals surface area contributed by atoms with Crippen LogP contribution in [0.4, 0.5) is 11.4 Å². The van der Waals surface area contributed by atoms with Crippen molar-refractivity contribution in [3.8, 4) is 0 Å². The lowest BCUT2D eigenvalue weighted by Gasteiger charge is -2.19. The molecule has 0 fully saturated rings. The highest BCUT2D eigenvalue weighted by atomic mass is 15.2. The van der Waals surface area contributed by atoms with Gasteiger partial charge in [-0.15, -0.1) is 0 Å². The molecule has 0 spiro atoms. The number of fused-ring (bicyclic) bond motifs is 1. The fraction of sp³-hybridized carbons (Fsp3) is 0.130. The van der Waals surface area contributed by atoms with Gasteiger partial charge >= 0.3 is 0 Å². The van der Waals surface area contributed by atoms with Crippen LogP contribution in [0.3, 0.4) is 0 Å². The van der Waals surface area contributed by atoms with Crippen molar-refractivity contribution < 1.29 is 0 Å². The van der Waals surface area contributed by atoms with Gasteiger partial charge in [-0.05, 0) is 59.7 Å². The Hall–Kier alpha value is -3.40. The molecule has 4 aromatic rings. The minimum Gasteiger partial charge on any atom is -0.369 e. The number of rotatable bonds is 2. The Morgan fingerprint density at radius 1 is 1.00 bits per heavy atom. The third-order valence-electron chi connectivity index (χ3n) is 5.41. The fourth-order valence-corrected chi connectivity index (χ4v) is 3.93. The van der Waals surface area contributed by atoms with E-state index >= 15 is 0 Å². The summed E-state index contributed by atoms with van der Waals surface area (Å²) in [7, 11) is 1.94. The Morgan fingerprint density at radius 2 is 1.85 bits per heavy atom. The second-order valence-corrected chi connectivity index (χ2v) is 6.99. The van der Waals surface area contributed by atoms with Gasteiger partial charge < -0.3 is 10.6 Å². The van der Waals surface area contributed by atoms with Crippen molar-refractivity contribution in [1.82, 2.24) is 4.98 Å². The zero-order valence-corrected chi connectivity index (χ0v) is 15.2. The second kappa shape index (κ2) is 6.09. The van der Waals surface area contributed by atoms with Crippen LogP contribution in [0.5, 0.6) is 0 Å². The molecule has 4 heteroatoms. The van der Waals surface area contributed by atoms with Gasteiger partial charge in [0.05, 0.1) is 11.2 Å². The zero-order chi connectivity index (χ0) is 18.4. The molecule has 0 bridgehead atoms. The van der Waals surface area contributed by atoms with E-state index in [1.54, 1.807) is 6.20 Å². The van der Waals surface area contributed by atoms with Crippen molar-refractivity contribution in [3.05, 3.63) is 78.0 Å². The number of guanidine groups is 1. The van der Waals surface area contributed by atoms with E-state index < -0.39 is 0 Å². The van der Waals surface area contributed by atoms with Crippen molar-refractivity contribution in [2.24, 2.45) is 10.7 Å². The summed E-state index contributed by atoms with van der Waals surface area (Å²) < 4.78 is 0. The Labute approximate surface area is 158 Å². The van der Waals surface area contributed by atoms with E-state index in [9.17, 15) is 0 Å². The first-order chi connectivity index (χ1) is 13.2. The van der Waals surface area contributed by atoms with E-state index in [4.69, 9.17) is 10.7 Å². The summed E-state index contributed by atoms with van der Waals surface area (Å²) in [6.45, 7) is 0. The Bertz CT molecular complexity index is 1200. The van der Waals surface area contributed by atoms with Crippen LogP contribution >= 0.6 is 0 Å². The first-order valence-electron chi connectivity index (χ1n) is 9.17. The molecule has 1 aliphatic carbocycles. The quantitative estimate of drug-likeness (QED) is 0.425. The highest BCUT2D eigenvalue weighted by molar-refractivity contribution is 6.03. The fourth-order valence-electron chi connectivity index (χ4n) is 3.93. The molecule has 132 valence electrons. The third-order valence-corrected chi connectivity index (χ3v) is 5.41. The monoisotopic (exact) mass is 352 g/mol. The van der Waals surface area contributed by atoms with Crippen molar-refractivity contribution in [1.29, 1.82) is 0 Å². The highest BCUT2D eigenvalue weighted by Crippen LogP contribution is 2.36. The SMILES string of the molecule is CN(C(N)=Nc1ccc2c3c(cccc13)CC2)c1ccc2ncccc2c1. The van der Waals surface area contributed by atoms with Gasteiger partial charge in [-0.3, -0.25) is 4.98 Å². The number of nitrogens with two attached hydrogens (primary N) is 1. The van der Waals surface area contributed by atoms with E-state index in [0.717, 1.165) is 35.1 Å². The highest BCUT2D eigenvalue weighted by Gasteiger charge is 2.16.